The summed E-state index contributed by atoms with van der Waals surface area (Å²) in [5, 5.41) is 3.19. The monoisotopic (exact) mass is 276 g/mol. The van der Waals surface area contributed by atoms with Crippen molar-refractivity contribution in [3.05, 3.63) is 11.4 Å². The first-order valence-electron chi connectivity index (χ1n) is 6.71. The predicted molar refractivity (Wildman–Crippen MR) is 81.6 cm³/mol. The maximum atomic E-state index is 5.83. The average Bonchev–Trinajstić information content (AvgIpc) is 2.94. The van der Waals surface area contributed by atoms with E-state index in [-0.39, 0.29) is 0 Å². The van der Waals surface area contributed by atoms with Gasteiger partial charge in [-0.1, -0.05) is 20.8 Å². The molecule has 4 nitrogen and oxygen atoms in total. The van der Waals surface area contributed by atoms with Crippen LogP contribution in [0, 0.1) is 11.3 Å². The summed E-state index contributed by atoms with van der Waals surface area (Å²) < 4.78 is 0. The Bertz CT molecular complexity index is 599. The highest BCUT2D eigenvalue weighted by Gasteiger charge is 2.33. The minimum absolute atomic E-state index is 0.348. The molecule has 19 heavy (non-hydrogen) atoms. The summed E-state index contributed by atoms with van der Waals surface area (Å²) in [4.78, 5) is 12.1. The Morgan fingerprint density at radius 3 is 2.84 bits per heavy atom. The molecule has 3 rings (SSSR count). The summed E-state index contributed by atoms with van der Waals surface area (Å²) in [7, 11) is 0. The van der Waals surface area contributed by atoms with Gasteiger partial charge in [0.2, 0.25) is 5.95 Å². The highest BCUT2D eigenvalue weighted by molar-refractivity contribution is 7.16. The van der Waals surface area contributed by atoms with Crippen LogP contribution in [0.5, 0.6) is 0 Å². The SMILES string of the molecule is CC(C)(C)C1CCN(c2nc(N)nc3sccc23)C1. The number of nitrogen functional groups attached to an aromatic ring is 1. The van der Waals surface area contributed by atoms with Gasteiger partial charge < -0.3 is 10.6 Å². The Kier molecular flexibility index (Phi) is 2.89. The van der Waals surface area contributed by atoms with Crippen molar-refractivity contribution in [3.8, 4) is 0 Å². The van der Waals surface area contributed by atoms with Crippen LogP contribution in [0.25, 0.3) is 10.2 Å². The number of nitrogens with zero attached hydrogens (tertiary/aromatic N) is 3. The van der Waals surface area contributed by atoms with E-state index in [0.29, 0.717) is 17.3 Å². The summed E-state index contributed by atoms with van der Waals surface area (Å²) in [6.45, 7) is 9.06. The second-order valence-electron chi connectivity index (χ2n) is 6.34. The quantitative estimate of drug-likeness (QED) is 0.869. The minimum Gasteiger partial charge on any atom is -0.368 e. The summed E-state index contributed by atoms with van der Waals surface area (Å²) in [6, 6.07) is 2.10. The van der Waals surface area contributed by atoms with E-state index in [1.165, 1.54) is 6.42 Å². The molecule has 0 amide bonds. The van der Waals surface area contributed by atoms with Gasteiger partial charge in [-0.2, -0.15) is 4.98 Å². The van der Waals surface area contributed by atoms with Crippen molar-refractivity contribution in [3.63, 3.8) is 0 Å². The summed E-state index contributed by atoms with van der Waals surface area (Å²) in [5.74, 6) is 2.09. The number of hydrogen-bond donors (Lipinski definition) is 1. The minimum atomic E-state index is 0.348. The van der Waals surface area contributed by atoms with E-state index in [1.54, 1.807) is 11.3 Å². The average molecular weight is 276 g/mol. The zero-order chi connectivity index (χ0) is 13.6. The molecule has 1 unspecified atom stereocenters. The molecule has 102 valence electrons. The fraction of sp³-hybridized carbons (Fsp3) is 0.571. The van der Waals surface area contributed by atoms with E-state index in [9.17, 15) is 0 Å². The van der Waals surface area contributed by atoms with Gasteiger partial charge in [-0.05, 0) is 29.2 Å². The highest BCUT2D eigenvalue weighted by atomic mass is 32.1. The summed E-state index contributed by atoms with van der Waals surface area (Å²) in [5.41, 5.74) is 6.18. The molecule has 0 radical (unpaired) electrons. The lowest BCUT2D eigenvalue weighted by Gasteiger charge is -2.27. The van der Waals surface area contributed by atoms with Crippen LogP contribution in [0.3, 0.4) is 0 Å². The molecule has 2 aromatic rings. The van der Waals surface area contributed by atoms with Crippen molar-refractivity contribution in [1.82, 2.24) is 9.97 Å². The van der Waals surface area contributed by atoms with E-state index < -0.39 is 0 Å². The number of rotatable bonds is 1. The summed E-state index contributed by atoms with van der Waals surface area (Å²) >= 11 is 1.62. The van der Waals surface area contributed by atoms with E-state index in [4.69, 9.17) is 5.73 Å². The Hall–Kier alpha value is -1.36. The van der Waals surface area contributed by atoms with Crippen molar-refractivity contribution < 1.29 is 0 Å². The topological polar surface area (TPSA) is 55.0 Å². The molecule has 1 saturated heterocycles. The molecule has 3 heterocycles. The van der Waals surface area contributed by atoms with Gasteiger partial charge in [-0.3, -0.25) is 0 Å². The first-order chi connectivity index (χ1) is 8.95. The fourth-order valence-electron chi connectivity index (χ4n) is 2.76. The first kappa shape index (κ1) is 12.7. The van der Waals surface area contributed by atoms with Crippen LogP contribution in [0.4, 0.5) is 11.8 Å². The number of thiophene rings is 1. The molecular formula is C14H20N4S. The number of nitrogens with two attached hydrogens (primary N) is 1. The third kappa shape index (κ3) is 2.27. The Morgan fingerprint density at radius 1 is 1.37 bits per heavy atom. The standard InChI is InChI=1S/C14H20N4S/c1-14(2,3)9-4-6-18(8-9)11-10-5-7-19-12(10)17-13(15)16-11/h5,7,9H,4,6,8H2,1-3H3,(H2,15,16,17). The Morgan fingerprint density at radius 2 is 2.16 bits per heavy atom. The van der Waals surface area contributed by atoms with E-state index in [1.807, 2.05) is 0 Å². The van der Waals surface area contributed by atoms with Crippen LogP contribution in [0.1, 0.15) is 27.2 Å². The van der Waals surface area contributed by atoms with Crippen molar-refractivity contribution in [2.24, 2.45) is 11.3 Å². The van der Waals surface area contributed by atoms with Crippen LogP contribution in [-0.4, -0.2) is 23.1 Å². The van der Waals surface area contributed by atoms with Crippen molar-refractivity contribution in [2.75, 3.05) is 23.7 Å². The van der Waals surface area contributed by atoms with Crippen LogP contribution in [0.2, 0.25) is 0 Å². The largest absolute Gasteiger partial charge is 0.368 e. The molecule has 0 aliphatic carbocycles. The molecule has 5 heteroatoms. The Labute approximate surface area is 117 Å². The molecule has 0 aromatic carbocycles. The van der Waals surface area contributed by atoms with Gasteiger partial charge in [-0.25, -0.2) is 4.98 Å². The second kappa shape index (κ2) is 4.34. The lowest BCUT2D eigenvalue weighted by atomic mass is 9.80. The maximum absolute atomic E-state index is 5.83. The molecule has 1 atom stereocenters. The zero-order valence-corrected chi connectivity index (χ0v) is 12.5. The van der Waals surface area contributed by atoms with Gasteiger partial charge in [-0.15, -0.1) is 11.3 Å². The number of aromatic nitrogens is 2. The molecule has 2 N–H and O–H groups in total. The van der Waals surface area contributed by atoms with E-state index in [0.717, 1.165) is 29.1 Å². The first-order valence-corrected chi connectivity index (χ1v) is 7.59. The lowest BCUT2D eigenvalue weighted by molar-refractivity contribution is 0.263. The number of hydrogen-bond acceptors (Lipinski definition) is 5. The lowest BCUT2D eigenvalue weighted by Crippen LogP contribution is -2.26. The highest BCUT2D eigenvalue weighted by Crippen LogP contribution is 2.37. The van der Waals surface area contributed by atoms with Crippen LogP contribution >= 0.6 is 11.3 Å². The van der Waals surface area contributed by atoms with Gasteiger partial charge in [0, 0.05) is 13.1 Å². The zero-order valence-electron chi connectivity index (χ0n) is 11.7. The smallest absolute Gasteiger partial charge is 0.223 e. The predicted octanol–water partition coefficient (Wildman–Crippen LogP) is 3.15. The third-order valence-electron chi connectivity index (χ3n) is 4.03. The molecule has 0 bridgehead atoms. The van der Waals surface area contributed by atoms with Crippen molar-refractivity contribution in [2.45, 2.75) is 27.2 Å². The van der Waals surface area contributed by atoms with E-state index >= 15 is 0 Å². The molecule has 1 aliphatic rings. The molecule has 0 spiro atoms. The van der Waals surface area contributed by atoms with E-state index in [2.05, 4.69) is 47.1 Å². The van der Waals surface area contributed by atoms with Crippen LogP contribution in [0.15, 0.2) is 11.4 Å². The molecule has 2 aromatic heterocycles. The fourth-order valence-corrected chi connectivity index (χ4v) is 3.52. The second-order valence-corrected chi connectivity index (χ2v) is 7.24. The van der Waals surface area contributed by atoms with Crippen LogP contribution in [-0.2, 0) is 0 Å². The maximum Gasteiger partial charge on any atom is 0.223 e. The molecular weight excluding hydrogens is 256 g/mol. The third-order valence-corrected chi connectivity index (χ3v) is 4.84. The molecule has 0 saturated carbocycles. The summed E-state index contributed by atoms with van der Waals surface area (Å²) in [6.07, 6.45) is 1.22. The van der Waals surface area contributed by atoms with Crippen molar-refractivity contribution >= 4 is 33.3 Å². The van der Waals surface area contributed by atoms with Crippen molar-refractivity contribution in [1.29, 1.82) is 0 Å². The molecule has 1 fully saturated rings. The van der Waals surface area contributed by atoms with Crippen LogP contribution < -0.4 is 10.6 Å². The van der Waals surface area contributed by atoms with Gasteiger partial charge in [0.25, 0.3) is 0 Å². The van der Waals surface area contributed by atoms with Gasteiger partial charge in [0.05, 0.1) is 5.39 Å². The van der Waals surface area contributed by atoms with Gasteiger partial charge in [0.1, 0.15) is 10.6 Å². The van der Waals surface area contributed by atoms with Gasteiger partial charge in [0.15, 0.2) is 0 Å². The Balaban J connectivity index is 1.95. The molecule has 1 aliphatic heterocycles. The number of fused-ring (bicyclic) bond motifs is 1. The normalized spacial score (nSPS) is 20.4. The van der Waals surface area contributed by atoms with Gasteiger partial charge >= 0.3 is 0 Å². The number of anilines is 2.